The number of amides is 1. The van der Waals surface area contributed by atoms with Gasteiger partial charge in [-0.05, 0) is 25.1 Å². The molecule has 0 saturated carbocycles. The van der Waals surface area contributed by atoms with Gasteiger partial charge in [-0.3, -0.25) is 10.1 Å². The van der Waals surface area contributed by atoms with Gasteiger partial charge in [-0.25, -0.2) is 4.39 Å². The number of anilines is 1. The number of nitrogens with one attached hydrogen (secondary N) is 1. The molecular weight excluding hydrogens is 263 g/mol. The minimum absolute atomic E-state index is 0.0528. The fourth-order valence-corrected chi connectivity index (χ4v) is 1.47. The van der Waals surface area contributed by atoms with Crippen molar-refractivity contribution in [2.45, 2.75) is 6.92 Å². The summed E-state index contributed by atoms with van der Waals surface area (Å²) in [4.78, 5) is 15.8. The van der Waals surface area contributed by atoms with E-state index >= 15 is 0 Å². The first-order chi connectivity index (χ1) is 9.60. The Kier molecular flexibility index (Phi) is 4.13. The number of rotatable bonds is 2. The highest BCUT2D eigenvalue weighted by atomic mass is 19.1. The topological polar surface area (TPSA) is 75.4 Å². The van der Waals surface area contributed by atoms with Crippen LogP contribution < -0.4 is 5.32 Å². The molecule has 1 amide bonds. The molecule has 2 aromatic rings. The fraction of sp³-hybridized carbons (Fsp3) is 0.143. The van der Waals surface area contributed by atoms with E-state index in [1.165, 1.54) is 18.4 Å². The first-order valence-corrected chi connectivity index (χ1v) is 5.73. The van der Waals surface area contributed by atoms with Gasteiger partial charge in [0, 0.05) is 5.56 Å². The maximum Gasteiger partial charge on any atom is 0.301 e. The van der Waals surface area contributed by atoms with Crippen molar-refractivity contribution in [3.8, 4) is 11.8 Å². The van der Waals surface area contributed by atoms with Crippen LogP contribution in [0.4, 0.5) is 10.4 Å². The van der Waals surface area contributed by atoms with E-state index in [1.807, 2.05) is 0 Å². The van der Waals surface area contributed by atoms with E-state index < -0.39 is 11.7 Å². The van der Waals surface area contributed by atoms with Gasteiger partial charge < -0.3 is 9.52 Å². The number of oxazole rings is 1. The monoisotopic (exact) mass is 274 g/mol. The standard InChI is InChI=1S/C14H11FN2O3/c1-9-8-20-14(16-9)17-13(19)11-5-4-10(3-2-6-18)12(15)7-11/h4-5,7-8,18H,6H2,1H3,(H,16,17,19). The second kappa shape index (κ2) is 5.99. The molecule has 2 rings (SSSR count). The molecule has 6 heteroatoms. The molecule has 1 aromatic heterocycles. The third-order valence-corrected chi connectivity index (χ3v) is 2.37. The van der Waals surface area contributed by atoms with Crippen LogP contribution in [-0.2, 0) is 0 Å². The summed E-state index contributed by atoms with van der Waals surface area (Å²) in [5.41, 5.74) is 0.858. The largest absolute Gasteiger partial charge is 0.432 e. The highest BCUT2D eigenvalue weighted by Gasteiger charge is 2.11. The Labute approximate surface area is 114 Å². The average molecular weight is 274 g/mol. The van der Waals surface area contributed by atoms with Gasteiger partial charge >= 0.3 is 6.01 Å². The number of aryl methyl sites for hydroxylation is 1. The van der Waals surface area contributed by atoms with Crippen LogP contribution in [0.5, 0.6) is 0 Å². The summed E-state index contributed by atoms with van der Waals surface area (Å²) in [5, 5.41) is 11.0. The molecule has 1 heterocycles. The van der Waals surface area contributed by atoms with Crippen molar-refractivity contribution in [2.24, 2.45) is 0 Å². The zero-order chi connectivity index (χ0) is 14.5. The van der Waals surface area contributed by atoms with Crippen molar-refractivity contribution < 1.29 is 18.7 Å². The van der Waals surface area contributed by atoms with Crippen molar-refractivity contribution in [1.29, 1.82) is 0 Å². The van der Waals surface area contributed by atoms with Gasteiger partial charge in [0.15, 0.2) is 0 Å². The number of carbonyl (C=O) groups excluding carboxylic acids is 1. The molecule has 0 spiro atoms. The lowest BCUT2D eigenvalue weighted by atomic mass is 10.1. The molecule has 0 bridgehead atoms. The van der Waals surface area contributed by atoms with E-state index in [4.69, 9.17) is 9.52 Å². The molecule has 0 saturated heterocycles. The summed E-state index contributed by atoms with van der Waals surface area (Å²) < 4.78 is 18.7. The minimum atomic E-state index is -0.637. The zero-order valence-electron chi connectivity index (χ0n) is 10.6. The van der Waals surface area contributed by atoms with Gasteiger partial charge in [0.2, 0.25) is 0 Å². The number of hydrogen-bond donors (Lipinski definition) is 2. The SMILES string of the molecule is Cc1coc(NC(=O)c2ccc(C#CCO)c(F)c2)n1. The molecule has 0 fully saturated rings. The number of halogens is 1. The third kappa shape index (κ3) is 3.22. The van der Waals surface area contributed by atoms with Gasteiger partial charge in [0.1, 0.15) is 18.7 Å². The van der Waals surface area contributed by atoms with E-state index in [2.05, 4.69) is 22.1 Å². The van der Waals surface area contributed by atoms with Crippen molar-refractivity contribution in [1.82, 2.24) is 4.98 Å². The molecule has 102 valence electrons. The quantitative estimate of drug-likeness (QED) is 0.818. The van der Waals surface area contributed by atoms with Crippen molar-refractivity contribution in [2.75, 3.05) is 11.9 Å². The molecule has 2 N–H and O–H groups in total. The first-order valence-electron chi connectivity index (χ1n) is 5.73. The average Bonchev–Trinajstić information content (AvgIpc) is 2.82. The van der Waals surface area contributed by atoms with Crippen LogP contribution in [0.3, 0.4) is 0 Å². The number of hydrogen-bond acceptors (Lipinski definition) is 4. The summed E-state index contributed by atoms with van der Waals surface area (Å²) >= 11 is 0. The lowest BCUT2D eigenvalue weighted by molar-refractivity contribution is 0.102. The Morgan fingerprint density at radius 1 is 1.55 bits per heavy atom. The predicted molar refractivity (Wildman–Crippen MR) is 69.6 cm³/mol. The molecule has 0 aliphatic carbocycles. The summed E-state index contributed by atoms with van der Waals surface area (Å²) in [6.45, 7) is 1.36. The van der Waals surface area contributed by atoms with Crippen LogP contribution in [0, 0.1) is 24.6 Å². The summed E-state index contributed by atoms with van der Waals surface area (Å²) in [6, 6.07) is 3.91. The van der Waals surface area contributed by atoms with Crippen LogP contribution in [0.15, 0.2) is 28.9 Å². The molecule has 0 unspecified atom stereocenters. The highest BCUT2D eigenvalue weighted by molar-refractivity contribution is 6.03. The first kappa shape index (κ1) is 13.8. The Balaban J connectivity index is 2.16. The molecular formula is C14H11FN2O3. The Morgan fingerprint density at radius 3 is 2.95 bits per heavy atom. The van der Waals surface area contributed by atoms with E-state index in [-0.39, 0.29) is 23.7 Å². The number of benzene rings is 1. The van der Waals surface area contributed by atoms with Crippen LogP contribution >= 0.6 is 0 Å². The fourth-order valence-electron chi connectivity index (χ4n) is 1.47. The van der Waals surface area contributed by atoms with Crippen LogP contribution in [-0.4, -0.2) is 22.6 Å². The zero-order valence-corrected chi connectivity index (χ0v) is 10.6. The summed E-state index contributed by atoms with van der Waals surface area (Å²) in [6.07, 6.45) is 1.39. The minimum Gasteiger partial charge on any atom is -0.432 e. The van der Waals surface area contributed by atoms with E-state index in [9.17, 15) is 9.18 Å². The van der Waals surface area contributed by atoms with Gasteiger partial charge in [0.25, 0.3) is 5.91 Å². The van der Waals surface area contributed by atoms with Crippen molar-refractivity contribution in [3.05, 3.63) is 47.1 Å². The molecule has 0 aliphatic rings. The van der Waals surface area contributed by atoms with Crippen LogP contribution in [0.25, 0.3) is 0 Å². The smallest absolute Gasteiger partial charge is 0.301 e. The summed E-state index contributed by atoms with van der Waals surface area (Å²) in [5.74, 6) is 3.61. The highest BCUT2D eigenvalue weighted by Crippen LogP contribution is 2.12. The molecule has 20 heavy (non-hydrogen) atoms. The Hall–Kier alpha value is -2.65. The van der Waals surface area contributed by atoms with E-state index in [0.717, 1.165) is 6.07 Å². The van der Waals surface area contributed by atoms with Gasteiger partial charge in [0.05, 0.1) is 11.3 Å². The second-order valence-electron chi connectivity index (χ2n) is 3.90. The predicted octanol–water partition coefficient (Wildman–Crippen LogP) is 1.72. The van der Waals surface area contributed by atoms with Crippen LogP contribution in [0.1, 0.15) is 21.6 Å². The van der Waals surface area contributed by atoms with Crippen LogP contribution in [0.2, 0.25) is 0 Å². The summed E-state index contributed by atoms with van der Waals surface area (Å²) in [7, 11) is 0. The lowest BCUT2D eigenvalue weighted by Crippen LogP contribution is -2.12. The van der Waals surface area contributed by atoms with Gasteiger partial charge in [-0.2, -0.15) is 4.98 Å². The van der Waals surface area contributed by atoms with Gasteiger partial charge in [-0.1, -0.05) is 11.8 Å². The number of aliphatic hydroxyl groups excluding tert-OH is 1. The lowest BCUT2D eigenvalue weighted by Gasteiger charge is -2.02. The third-order valence-electron chi connectivity index (χ3n) is 2.37. The second-order valence-corrected chi connectivity index (χ2v) is 3.90. The number of aliphatic hydroxyl groups is 1. The van der Waals surface area contributed by atoms with Crippen molar-refractivity contribution in [3.63, 3.8) is 0 Å². The Bertz CT molecular complexity index is 698. The maximum absolute atomic E-state index is 13.7. The van der Waals surface area contributed by atoms with E-state index in [1.54, 1.807) is 6.92 Å². The van der Waals surface area contributed by atoms with Gasteiger partial charge in [-0.15, -0.1) is 0 Å². The number of nitrogens with zero attached hydrogens (tertiary/aromatic N) is 1. The van der Waals surface area contributed by atoms with Crippen molar-refractivity contribution >= 4 is 11.9 Å². The maximum atomic E-state index is 13.7. The van der Waals surface area contributed by atoms with E-state index in [0.29, 0.717) is 5.69 Å². The number of carbonyl (C=O) groups is 1. The molecule has 0 radical (unpaired) electrons. The molecule has 5 nitrogen and oxygen atoms in total. The normalized spacial score (nSPS) is 9.75. The molecule has 1 aromatic carbocycles. The molecule has 0 atom stereocenters. The molecule has 0 aliphatic heterocycles. The number of aromatic nitrogens is 1. The Morgan fingerprint density at radius 2 is 2.35 bits per heavy atom.